The van der Waals surface area contributed by atoms with Crippen molar-refractivity contribution in [1.82, 2.24) is 14.9 Å². The van der Waals surface area contributed by atoms with Gasteiger partial charge in [0, 0.05) is 13.5 Å². The Morgan fingerprint density at radius 3 is 2.63 bits per heavy atom. The van der Waals surface area contributed by atoms with Gasteiger partial charge in [0.1, 0.15) is 11.6 Å². The molecule has 0 fully saturated rings. The molecule has 0 aliphatic rings. The molecule has 0 radical (unpaired) electrons. The Labute approximate surface area is 179 Å². The van der Waals surface area contributed by atoms with Gasteiger partial charge in [-0.25, -0.2) is 4.98 Å². The van der Waals surface area contributed by atoms with Crippen LogP contribution < -0.4 is 10.1 Å². The maximum Gasteiger partial charge on any atom is 0.217 e. The highest BCUT2D eigenvalue weighted by molar-refractivity contribution is 5.77. The number of carbonyl (C=O) groups is 1. The molecule has 0 saturated heterocycles. The smallest absolute Gasteiger partial charge is 0.217 e. The molecule has 0 saturated carbocycles. The molecule has 30 heavy (non-hydrogen) atoms. The molecule has 3 rings (SSSR count). The number of hydrogen-bond donors (Lipinski definition) is 1. The zero-order valence-electron chi connectivity index (χ0n) is 18.7. The normalized spacial score (nSPS) is 12.3. The highest BCUT2D eigenvalue weighted by Crippen LogP contribution is 2.28. The summed E-state index contributed by atoms with van der Waals surface area (Å²) in [5.74, 6) is 2.29. The SMILES string of the molecule is CC(=O)NC(C)c1nc2ccccc2n1CCCCOc1cc(C)ccc1C(C)C. The fourth-order valence-corrected chi connectivity index (χ4v) is 3.83. The predicted octanol–water partition coefficient (Wildman–Crippen LogP) is 5.52. The quantitative estimate of drug-likeness (QED) is 0.475. The highest BCUT2D eigenvalue weighted by atomic mass is 16.5. The van der Waals surface area contributed by atoms with Crippen LogP contribution in [0, 0.1) is 6.92 Å². The van der Waals surface area contributed by atoms with Crippen molar-refractivity contribution in [2.75, 3.05) is 6.61 Å². The van der Waals surface area contributed by atoms with Gasteiger partial charge in [-0.2, -0.15) is 0 Å². The summed E-state index contributed by atoms with van der Waals surface area (Å²) >= 11 is 0. The van der Waals surface area contributed by atoms with Gasteiger partial charge in [0.25, 0.3) is 0 Å². The lowest BCUT2D eigenvalue weighted by Crippen LogP contribution is -2.26. The molecule has 5 heteroatoms. The molecular weight excluding hydrogens is 374 g/mol. The molecule has 0 aliphatic heterocycles. The largest absolute Gasteiger partial charge is 0.493 e. The molecule has 3 aromatic rings. The molecule has 2 aromatic carbocycles. The summed E-state index contributed by atoms with van der Waals surface area (Å²) in [6, 6.07) is 14.4. The van der Waals surface area contributed by atoms with Crippen molar-refractivity contribution in [1.29, 1.82) is 0 Å². The van der Waals surface area contributed by atoms with Gasteiger partial charge in [0.05, 0.1) is 23.7 Å². The Hall–Kier alpha value is -2.82. The van der Waals surface area contributed by atoms with Gasteiger partial charge < -0.3 is 14.6 Å². The minimum absolute atomic E-state index is 0.0476. The molecule has 1 atom stereocenters. The van der Waals surface area contributed by atoms with Crippen molar-refractivity contribution in [2.45, 2.75) is 66.0 Å². The number of benzene rings is 2. The maximum atomic E-state index is 11.5. The standard InChI is InChI=1S/C25H33N3O2/c1-17(2)21-13-12-18(3)16-24(21)30-15-9-8-14-28-23-11-7-6-10-22(23)27-25(28)19(4)26-20(5)29/h6-7,10-13,16-17,19H,8-9,14-15H2,1-5H3,(H,26,29). The monoisotopic (exact) mass is 407 g/mol. The van der Waals surface area contributed by atoms with Gasteiger partial charge in [0.15, 0.2) is 0 Å². The Bertz CT molecular complexity index is 1010. The van der Waals surface area contributed by atoms with Gasteiger partial charge in [-0.1, -0.05) is 38.1 Å². The number of fused-ring (bicyclic) bond motifs is 1. The molecule has 0 spiro atoms. The number of amides is 1. The van der Waals surface area contributed by atoms with Gasteiger partial charge in [-0.05, 0) is 61.9 Å². The Morgan fingerprint density at radius 1 is 1.13 bits per heavy atom. The summed E-state index contributed by atoms with van der Waals surface area (Å²) in [6.45, 7) is 11.5. The third kappa shape index (κ3) is 5.21. The van der Waals surface area contributed by atoms with E-state index >= 15 is 0 Å². The van der Waals surface area contributed by atoms with Crippen LogP contribution in [0.15, 0.2) is 42.5 Å². The molecule has 1 N–H and O–H groups in total. The molecule has 0 bridgehead atoms. The van der Waals surface area contributed by atoms with Crippen molar-refractivity contribution in [2.24, 2.45) is 0 Å². The van der Waals surface area contributed by atoms with Crippen molar-refractivity contribution < 1.29 is 9.53 Å². The number of imidazole rings is 1. The average molecular weight is 408 g/mol. The van der Waals surface area contributed by atoms with Gasteiger partial charge in [0.2, 0.25) is 5.91 Å². The van der Waals surface area contributed by atoms with E-state index in [-0.39, 0.29) is 11.9 Å². The number of para-hydroxylation sites is 2. The van der Waals surface area contributed by atoms with Gasteiger partial charge in [-0.3, -0.25) is 4.79 Å². The number of nitrogens with zero attached hydrogens (tertiary/aromatic N) is 2. The molecule has 160 valence electrons. The fourth-order valence-electron chi connectivity index (χ4n) is 3.83. The summed E-state index contributed by atoms with van der Waals surface area (Å²) in [6.07, 6.45) is 1.93. The van der Waals surface area contributed by atoms with Crippen molar-refractivity contribution in [3.8, 4) is 5.75 Å². The van der Waals surface area contributed by atoms with E-state index < -0.39 is 0 Å². The third-order valence-corrected chi connectivity index (χ3v) is 5.32. The molecule has 1 unspecified atom stereocenters. The van der Waals surface area contributed by atoms with E-state index in [2.05, 4.69) is 54.9 Å². The van der Waals surface area contributed by atoms with Crippen LogP contribution in [0.4, 0.5) is 0 Å². The Kier molecular flexibility index (Phi) is 7.14. The molecule has 1 heterocycles. The van der Waals surface area contributed by atoms with E-state index in [4.69, 9.17) is 9.72 Å². The second-order valence-corrected chi connectivity index (χ2v) is 8.28. The summed E-state index contributed by atoms with van der Waals surface area (Å²) < 4.78 is 8.36. The number of hydrogen-bond acceptors (Lipinski definition) is 3. The summed E-state index contributed by atoms with van der Waals surface area (Å²) in [4.78, 5) is 16.3. The minimum atomic E-state index is -0.132. The number of aromatic nitrogens is 2. The van der Waals surface area contributed by atoms with E-state index in [0.717, 1.165) is 42.0 Å². The summed E-state index contributed by atoms with van der Waals surface area (Å²) in [5, 5.41) is 2.96. The number of aryl methyl sites for hydroxylation is 2. The van der Waals surface area contributed by atoms with Crippen LogP contribution in [0.25, 0.3) is 11.0 Å². The average Bonchev–Trinajstić information content (AvgIpc) is 3.06. The maximum absolute atomic E-state index is 11.5. The zero-order valence-corrected chi connectivity index (χ0v) is 18.7. The molecule has 1 amide bonds. The lowest BCUT2D eigenvalue weighted by atomic mass is 10.0. The van der Waals surface area contributed by atoms with Crippen LogP contribution in [0.1, 0.15) is 69.4 Å². The highest BCUT2D eigenvalue weighted by Gasteiger charge is 2.17. The van der Waals surface area contributed by atoms with Gasteiger partial charge in [-0.15, -0.1) is 0 Å². The zero-order chi connectivity index (χ0) is 21.7. The number of unbranched alkanes of at least 4 members (excludes halogenated alkanes) is 1. The van der Waals surface area contributed by atoms with Crippen LogP contribution in [0.5, 0.6) is 5.75 Å². The van der Waals surface area contributed by atoms with E-state index in [0.29, 0.717) is 12.5 Å². The Morgan fingerprint density at radius 2 is 1.90 bits per heavy atom. The van der Waals surface area contributed by atoms with Crippen LogP contribution in [-0.2, 0) is 11.3 Å². The van der Waals surface area contributed by atoms with E-state index in [1.165, 1.54) is 18.1 Å². The first-order valence-corrected chi connectivity index (χ1v) is 10.8. The molecule has 1 aromatic heterocycles. The summed E-state index contributed by atoms with van der Waals surface area (Å²) in [7, 11) is 0. The number of nitrogens with one attached hydrogen (secondary N) is 1. The molecule has 5 nitrogen and oxygen atoms in total. The lowest BCUT2D eigenvalue weighted by molar-refractivity contribution is -0.119. The first-order chi connectivity index (χ1) is 14.4. The fraction of sp³-hybridized carbons (Fsp3) is 0.440. The minimum Gasteiger partial charge on any atom is -0.493 e. The van der Waals surface area contributed by atoms with E-state index in [9.17, 15) is 4.79 Å². The molecule has 0 aliphatic carbocycles. The first kappa shape index (κ1) is 21.9. The van der Waals surface area contributed by atoms with Crippen molar-refractivity contribution in [3.63, 3.8) is 0 Å². The van der Waals surface area contributed by atoms with Gasteiger partial charge >= 0.3 is 0 Å². The third-order valence-electron chi connectivity index (χ3n) is 5.32. The number of carbonyl (C=O) groups excluding carboxylic acids is 1. The number of rotatable bonds is 9. The Balaban J connectivity index is 1.65. The predicted molar refractivity (Wildman–Crippen MR) is 122 cm³/mol. The van der Waals surface area contributed by atoms with E-state index in [1.807, 2.05) is 25.1 Å². The second-order valence-electron chi connectivity index (χ2n) is 8.28. The second kappa shape index (κ2) is 9.79. The van der Waals surface area contributed by atoms with Crippen LogP contribution >= 0.6 is 0 Å². The lowest BCUT2D eigenvalue weighted by Gasteiger charge is -2.16. The van der Waals surface area contributed by atoms with Crippen LogP contribution in [0.2, 0.25) is 0 Å². The van der Waals surface area contributed by atoms with E-state index in [1.54, 1.807) is 0 Å². The number of ether oxygens (including phenoxy) is 1. The van der Waals surface area contributed by atoms with Crippen molar-refractivity contribution >= 4 is 16.9 Å². The van der Waals surface area contributed by atoms with Crippen LogP contribution in [-0.4, -0.2) is 22.1 Å². The first-order valence-electron chi connectivity index (χ1n) is 10.8. The van der Waals surface area contributed by atoms with Crippen LogP contribution in [0.3, 0.4) is 0 Å². The molecular formula is C25H33N3O2. The van der Waals surface area contributed by atoms with Crippen molar-refractivity contribution in [3.05, 3.63) is 59.4 Å². The topological polar surface area (TPSA) is 56.2 Å². The summed E-state index contributed by atoms with van der Waals surface area (Å²) in [5.41, 5.74) is 4.54.